The molecule has 7 rings (SSSR count). The lowest BCUT2D eigenvalue weighted by molar-refractivity contribution is 1.04. The summed E-state index contributed by atoms with van der Waals surface area (Å²) < 4.78 is 4.74. The highest BCUT2D eigenvalue weighted by atomic mass is 32.1. The quantitative estimate of drug-likeness (QED) is 0.298. The molecule has 0 aliphatic rings. The average Bonchev–Trinajstić information content (AvgIpc) is 3.40. The maximum atomic E-state index is 5.18. The molecule has 0 bridgehead atoms. The molecule has 0 spiro atoms. The van der Waals surface area contributed by atoms with Crippen LogP contribution in [0.1, 0.15) is 0 Å². The number of hydrogen-bond donors (Lipinski definition) is 0. The molecule has 0 aliphatic heterocycles. The standard InChI is InChI=1S/C27H16N4S/c1-2-6-17(7-3-1)20-11-13-22-26(30-20)25-21(31(22)24-14-15-28-16-29-24)12-10-19-18-8-4-5-9-23(18)32-27(19)25/h1-16H. The maximum Gasteiger partial charge on any atom is 0.141 e. The Kier molecular flexibility index (Phi) is 3.68. The monoisotopic (exact) mass is 428 g/mol. The summed E-state index contributed by atoms with van der Waals surface area (Å²) in [6, 6.07) is 29.6. The molecule has 0 unspecified atom stereocenters. The second-order valence-electron chi connectivity index (χ2n) is 7.77. The Balaban J connectivity index is 1.68. The molecule has 4 heterocycles. The topological polar surface area (TPSA) is 43.6 Å². The molecule has 0 saturated carbocycles. The zero-order valence-corrected chi connectivity index (χ0v) is 17.8. The van der Waals surface area contributed by atoms with Gasteiger partial charge in [0, 0.05) is 37.3 Å². The van der Waals surface area contributed by atoms with E-state index in [9.17, 15) is 0 Å². The number of benzene rings is 3. The summed E-state index contributed by atoms with van der Waals surface area (Å²) in [5.74, 6) is 0.842. The number of pyridine rings is 1. The van der Waals surface area contributed by atoms with E-state index in [1.165, 1.54) is 25.6 Å². The minimum atomic E-state index is 0.842. The van der Waals surface area contributed by atoms with Gasteiger partial charge in [0.15, 0.2) is 0 Å². The van der Waals surface area contributed by atoms with Gasteiger partial charge in [0.05, 0.1) is 22.2 Å². The molecule has 0 N–H and O–H groups in total. The van der Waals surface area contributed by atoms with Crippen LogP contribution in [0.15, 0.2) is 97.5 Å². The fourth-order valence-corrected chi connectivity index (χ4v) is 5.82. The van der Waals surface area contributed by atoms with Gasteiger partial charge < -0.3 is 0 Å². The van der Waals surface area contributed by atoms with Crippen LogP contribution in [0.2, 0.25) is 0 Å². The van der Waals surface area contributed by atoms with E-state index in [1.807, 2.05) is 23.5 Å². The van der Waals surface area contributed by atoms with Crippen molar-refractivity contribution in [3.63, 3.8) is 0 Å². The fraction of sp³-hybridized carbons (Fsp3) is 0. The van der Waals surface area contributed by atoms with Crippen LogP contribution in [0.5, 0.6) is 0 Å². The molecule has 32 heavy (non-hydrogen) atoms. The highest BCUT2D eigenvalue weighted by Gasteiger charge is 2.19. The van der Waals surface area contributed by atoms with Gasteiger partial charge in [-0.25, -0.2) is 15.0 Å². The summed E-state index contributed by atoms with van der Waals surface area (Å²) in [7, 11) is 0. The summed E-state index contributed by atoms with van der Waals surface area (Å²) in [6.07, 6.45) is 3.38. The van der Waals surface area contributed by atoms with Crippen LogP contribution in [-0.2, 0) is 0 Å². The zero-order valence-electron chi connectivity index (χ0n) is 16.9. The first kappa shape index (κ1) is 17.6. The van der Waals surface area contributed by atoms with Crippen molar-refractivity contribution in [1.82, 2.24) is 19.5 Å². The number of hydrogen-bond acceptors (Lipinski definition) is 4. The molecule has 5 heteroatoms. The van der Waals surface area contributed by atoms with Gasteiger partial charge in [0.2, 0.25) is 0 Å². The number of nitrogens with zero attached hydrogens (tertiary/aromatic N) is 4. The van der Waals surface area contributed by atoms with E-state index in [1.54, 1.807) is 12.5 Å². The van der Waals surface area contributed by atoms with Crippen molar-refractivity contribution in [1.29, 1.82) is 0 Å². The Morgan fingerprint density at radius 3 is 2.44 bits per heavy atom. The molecule has 150 valence electrons. The Labute approximate surface area is 187 Å². The van der Waals surface area contributed by atoms with Crippen LogP contribution in [0, 0.1) is 0 Å². The Morgan fingerprint density at radius 1 is 0.719 bits per heavy atom. The van der Waals surface area contributed by atoms with Crippen molar-refractivity contribution >= 4 is 53.4 Å². The second-order valence-corrected chi connectivity index (χ2v) is 8.82. The predicted molar refractivity (Wildman–Crippen MR) is 132 cm³/mol. The van der Waals surface area contributed by atoms with E-state index in [0.717, 1.165) is 33.6 Å². The molecule has 0 radical (unpaired) electrons. The number of thiophene rings is 1. The van der Waals surface area contributed by atoms with E-state index in [2.05, 4.69) is 87.3 Å². The van der Waals surface area contributed by atoms with Crippen LogP contribution < -0.4 is 0 Å². The van der Waals surface area contributed by atoms with E-state index in [4.69, 9.17) is 4.98 Å². The molecule has 0 amide bonds. The van der Waals surface area contributed by atoms with Crippen LogP contribution in [0.25, 0.3) is 59.2 Å². The van der Waals surface area contributed by atoms with Crippen molar-refractivity contribution < 1.29 is 0 Å². The predicted octanol–water partition coefficient (Wildman–Crippen LogP) is 7.00. The molecular formula is C27H16N4S. The molecule has 0 fully saturated rings. The van der Waals surface area contributed by atoms with Crippen molar-refractivity contribution in [3.8, 4) is 17.1 Å². The number of fused-ring (bicyclic) bond motifs is 7. The molecule has 0 aliphatic carbocycles. The number of rotatable bonds is 2. The fourth-order valence-electron chi connectivity index (χ4n) is 4.57. The summed E-state index contributed by atoms with van der Waals surface area (Å²) in [5, 5.41) is 3.73. The van der Waals surface area contributed by atoms with E-state index in [0.29, 0.717) is 0 Å². The van der Waals surface area contributed by atoms with Gasteiger partial charge >= 0.3 is 0 Å². The van der Waals surface area contributed by atoms with Crippen LogP contribution in [0.3, 0.4) is 0 Å². The van der Waals surface area contributed by atoms with Crippen LogP contribution in [-0.4, -0.2) is 19.5 Å². The van der Waals surface area contributed by atoms with Gasteiger partial charge in [-0.3, -0.25) is 4.57 Å². The van der Waals surface area contributed by atoms with Gasteiger partial charge in [-0.2, -0.15) is 0 Å². The lowest BCUT2D eigenvalue weighted by atomic mass is 10.1. The molecule has 4 aromatic heterocycles. The third-order valence-corrected chi connectivity index (χ3v) is 7.19. The largest absolute Gasteiger partial charge is 0.292 e. The average molecular weight is 429 g/mol. The Hall–Kier alpha value is -4.09. The third-order valence-electron chi connectivity index (χ3n) is 5.98. The lowest BCUT2D eigenvalue weighted by Crippen LogP contribution is -1.97. The minimum absolute atomic E-state index is 0.842. The van der Waals surface area contributed by atoms with Crippen LogP contribution >= 0.6 is 11.3 Å². The normalized spacial score (nSPS) is 11.8. The molecule has 4 nitrogen and oxygen atoms in total. The second kappa shape index (κ2) is 6.70. The zero-order chi connectivity index (χ0) is 21.1. The van der Waals surface area contributed by atoms with E-state index >= 15 is 0 Å². The van der Waals surface area contributed by atoms with Crippen molar-refractivity contribution in [2.75, 3.05) is 0 Å². The van der Waals surface area contributed by atoms with Crippen molar-refractivity contribution in [2.24, 2.45) is 0 Å². The molecule has 3 aromatic carbocycles. The minimum Gasteiger partial charge on any atom is -0.292 e. The molecule has 7 aromatic rings. The maximum absolute atomic E-state index is 5.18. The SMILES string of the molecule is c1ccc(-c2ccc3c(n2)c2c4sc5ccccc5c4ccc2n3-c2ccncn2)cc1. The molecular weight excluding hydrogens is 412 g/mol. The summed E-state index contributed by atoms with van der Waals surface area (Å²) in [4.78, 5) is 13.8. The van der Waals surface area contributed by atoms with Gasteiger partial charge in [-0.1, -0.05) is 54.6 Å². The highest BCUT2D eigenvalue weighted by molar-refractivity contribution is 7.26. The van der Waals surface area contributed by atoms with E-state index < -0.39 is 0 Å². The lowest BCUT2D eigenvalue weighted by Gasteiger charge is -2.06. The van der Waals surface area contributed by atoms with Gasteiger partial charge in [-0.15, -0.1) is 11.3 Å². The molecule has 0 saturated heterocycles. The van der Waals surface area contributed by atoms with Crippen molar-refractivity contribution in [2.45, 2.75) is 0 Å². The number of aromatic nitrogens is 4. The van der Waals surface area contributed by atoms with E-state index in [-0.39, 0.29) is 0 Å². The first-order valence-electron chi connectivity index (χ1n) is 10.5. The van der Waals surface area contributed by atoms with Gasteiger partial charge in [0.25, 0.3) is 0 Å². The summed E-state index contributed by atoms with van der Waals surface area (Å²) >= 11 is 1.83. The van der Waals surface area contributed by atoms with Gasteiger partial charge in [-0.05, 0) is 30.3 Å². The highest BCUT2D eigenvalue weighted by Crippen LogP contribution is 2.42. The Bertz CT molecular complexity index is 1770. The van der Waals surface area contributed by atoms with Gasteiger partial charge in [0.1, 0.15) is 12.1 Å². The first-order valence-corrected chi connectivity index (χ1v) is 11.3. The smallest absolute Gasteiger partial charge is 0.141 e. The Morgan fingerprint density at radius 2 is 1.56 bits per heavy atom. The van der Waals surface area contributed by atoms with Crippen molar-refractivity contribution in [3.05, 3.63) is 97.5 Å². The summed E-state index contributed by atoms with van der Waals surface area (Å²) in [5.41, 5.74) is 5.23. The van der Waals surface area contributed by atoms with Crippen LogP contribution in [0.4, 0.5) is 0 Å². The molecule has 0 atom stereocenters. The third kappa shape index (κ3) is 2.46. The summed E-state index contributed by atoms with van der Waals surface area (Å²) in [6.45, 7) is 0. The first-order chi connectivity index (χ1) is 15.9.